The first-order valence-electron chi connectivity index (χ1n) is 7.48. The summed E-state index contributed by atoms with van der Waals surface area (Å²) in [6, 6.07) is 7.90. The van der Waals surface area contributed by atoms with Crippen LogP contribution < -0.4 is 5.32 Å². The van der Waals surface area contributed by atoms with E-state index in [0.29, 0.717) is 5.39 Å². The average Bonchev–Trinajstić information content (AvgIpc) is 2.65. The molecule has 0 saturated heterocycles. The molecule has 3 aromatic rings. The van der Waals surface area contributed by atoms with Crippen LogP contribution in [0.3, 0.4) is 0 Å². The normalized spacial score (nSPS) is 12.0. The Hall–Kier alpha value is -2.94. The number of pyridine rings is 1. The topological polar surface area (TPSA) is 126 Å². The molecule has 0 aliphatic heterocycles. The number of carbonyl (C=O) groups excluding carboxylic acids is 1. The van der Waals surface area contributed by atoms with Crippen LogP contribution in [0, 0.1) is 10.1 Å². The summed E-state index contributed by atoms with van der Waals surface area (Å²) in [5.41, 5.74) is -0.221. The number of nitrogens with zero attached hydrogens (tertiary/aromatic N) is 2. The van der Waals surface area contributed by atoms with E-state index in [2.05, 4.69) is 10.3 Å². The molecule has 0 amide bonds. The molecule has 0 saturated carbocycles. The van der Waals surface area contributed by atoms with E-state index < -0.39 is 16.9 Å². The van der Waals surface area contributed by atoms with Gasteiger partial charge in [0, 0.05) is 29.3 Å². The molecule has 0 spiro atoms. The van der Waals surface area contributed by atoms with Crippen LogP contribution in [0.5, 0.6) is 5.75 Å². The fourth-order valence-electron chi connectivity index (χ4n) is 2.47. The van der Waals surface area contributed by atoms with Crippen molar-refractivity contribution in [2.45, 2.75) is 6.23 Å². The number of phenols is 1. The molecule has 2 aromatic carbocycles. The van der Waals surface area contributed by atoms with Crippen LogP contribution in [0.2, 0.25) is 10.0 Å². The zero-order chi connectivity index (χ0) is 19.7. The number of Topliss-reactive ketones (excluding diaryl/α,β-unsaturated/α-hetero) is 1. The van der Waals surface area contributed by atoms with Gasteiger partial charge in [0.25, 0.3) is 5.69 Å². The number of aromatic hydroxyl groups is 1. The number of hydrogen-bond donors (Lipinski definition) is 3. The van der Waals surface area contributed by atoms with Crippen LogP contribution in [-0.4, -0.2) is 32.1 Å². The highest BCUT2D eigenvalue weighted by Gasteiger charge is 2.23. The average molecular weight is 408 g/mol. The van der Waals surface area contributed by atoms with Gasteiger partial charge in [0.2, 0.25) is 5.78 Å². The minimum atomic E-state index is -1.79. The molecule has 10 heteroatoms. The van der Waals surface area contributed by atoms with Gasteiger partial charge < -0.3 is 15.5 Å². The first-order valence-corrected chi connectivity index (χ1v) is 8.24. The molecule has 3 rings (SSSR count). The Kier molecular flexibility index (Phi) is 5.13. The summed E-state index contributed by atoms with van der Waals surface area (Å²) in [6.07, 6.45) is -0.326. The quantitative estimate of drug-likeness (QED) is 0.193. The number of hydrogen-bond acceptors (Lipinski definition) is 7. The third kappa shape index (κ3) is 3.63. The number of non-ortho nitro benzene ring substituents is 1. The number of halogens is 2. The van der Waals surface area contributed by atoms with Crippen molar-refractivity contribution >= 4 is 51.3 Å². The van der Waals surface area contributed by atoms with Gasteiger partial charge in [-0.05, 0) is 24.3 Å². The zero-order valence-corrected chi connectivity index (χ0v) is 14.9. The molecule has 0 radical (unpaired) electrons. The van der Waals surface area contributed by atoms with Gasteiger partial charge in [-0.25, -0.2) is 0 Å². The van der Waals surface area contributed by atoms with Crippen molar-refractivity contribution in [1.82, 2.24) is 4.98 Å². The fraction of sp³-hybridized carbons (Fsp3) is 0.0588. The summed E-state index contributed by atoms with van der Waals surface area (Å²) in [5, 5.41) is 34.3. The second-order valence-electron chi connectivity index (χ2n) is 5.49. The monoisotopic (exact) mass is 407 g/mol. The summed E-state index contributed by atoms with van der Waals surface area (Å²) in [7, 11) is 0. The number of fused-ring (bicyclic) bond motifs is 1. The van der Waals surface area contributed by atoms with Gasteiger partial charge >= 0.3 is 0 Å². The molecule has 27 heavy (non-hydrogen) atoms. The van der Waals surface area contributed by atoms with E-state index in [9.17, 15) is 25.1 Å². The fourth-order valence-corrected chi connectivity index (χ4v) is 3.00. The molecule has 0 bridgehead atoms. The number of rotatable bonds is 5. The Morgan fingerprint density at radius 3 is 2.63 bits per heavy atom. The molecule has 0 aliphatic rings. The van der Waals surface area contributed by atoms with Gasteiger partial charge in [0.15, 0.2) is 12.0 Å². The number of ketones is 1. The van der Waals surface area contributed by atoms with Gasteiger partial charge in [0.1, 0.15) is 5.52 Å². The van der Waals surface area contributed by atoms with Crippen LogP contribution >= 0.6 is 23.2 Å². The maximum atomic E-state index is 12.4. The van der Waals surface area contributed by atoms with Crippen molar-refractivity contribution in [2.75, 3.05) is 5.32 Å². The number of aliphatic hydroxyl groups excluding tert-OH is 1. The number of nitro benzene ring substituents is 1. The highest BCUT2D eigenvalue weighted by atomic mass is 35.5. The largest absolute Gasteiger partial charge is 0.504 e. The molecule has 1 heterocycles. The summed E-state index contributed by atoms with van der Waals surface area (Å²) in [5.74, 6) is -1.14. The Labute approximate surface area is 162 Å². The molecule has 0 aliphatic carbocycles. The van der Waals surface area contributed by atoms with Gasteiger partial charge in [-0.1, -0.05) is 23.2 Å². The minimum Gasteiger partial charge on any atom is -0.504 e. The number of nitrogens with one attached hydrogen (secondary N) is 1. The number of nitro groups is 1. The Bertz CT molecular complexity index is 1070. The van der Waals surface area contributed by atoms with Crippen molar-refractivity contribution in [3.8, 4) is 5.75 Å². The summed E-state index contributed by atoms with van der Waals surface area (Å²) >= 11 is 12.0. The van der Waals surface area contributed by atoms with Crippen molar-refractivity contribution in [3.05, 3.63) is 68.3 Å². The number of aliphatic hydroxyl groups is 1. The number of aromatic nitrogens is 1. The first-order chi connectivity index (χ1) is 12.8. The highest BCUT2D eigenvalue weighted by molar-refractivity contribution is 6.36. The van der Waals surface area contributed by atoms with Crippen molar-refractivity contribution in [3.63, 3.8) is 0 Å². The Morgan fingerprint density at radius 2 is 1.96 bits per heavy atom. The third-order valence-electron chi connectivity index (χ3n) is 3.79. The first kappa shape index (κ1) is 18.8. The van der Waals surface area contributed by atoms with E-state index >= 15 is 0 Å². The highest BCUT2D eigenvalue weighted by Crippen LogP contribution is 2.36. The number of carbonyl (C=O) groups is 1. The number of anilines is 1. The van der Waals surface area contributed by atoms with Gasteiger partial charge in [-0.15, -0.1) is 0 Å². The Morgan fingerprint density at radius 1 is 1.22 bits per heavy atom. The minimum absolute atomic E-state index is 0.00918. The van der Waals surface area contributed by atoms with E-state index in [1.807, 2.05) is 0 Å². The van der Waals surface area contributed by atoms with E-state index in [4.69, 9.17) is 23.2 Å². The molecule has 3 N–H and O–H groups in total. The lowest BCUT2D eigenvalue weighted by Gasteiger charge is -2.16. The van der Waals surface area contributed by atoms with E-state index in [1.165, 1.54) is 12.3 Å². The number of phenolic OH excluding ortho intramolecular Hbond substituents is 1. The molecule has 8 nitrogen and oxygen atoms in total. The second kappa shape index (κ2) is 7.36. The third-order valence-corrected chi connectivity index (χ3v) is 4.41. The van der Waals surface area contributed by atoms with Crippen LogP contribution in [0.25, 0.3) is 10.9 Å². The Balaban J connectivity index is 1.90. The maximum Gasteiger partial charge on any atom is 0.270 e. The lowest BCUT2D eigenvalue weighted by Crippen LogP contribution is -2.29. The van der Waals surface area contributed by atoms with E-state index in [0.717, 1.165) is 18.2 Å². The summed E-state index contributed by atoms with van der Waals surface area (Å²) < 4.78 is 0. The maximum absolute atomic E-state index is 12.4. The second-order valence-corrected chi connectivity index (χ2v) is 6.30. The zero-order valence-electron chi connectivity index (χ0n) is 13.4. The molecule has 1 aromatic heterocycles. The number of benzene rings is 2. The SMILES string of the molecule is O=C(c1ccc([N+](=O)[O-])cc1Cl)C(O)Nc1cc(Cl)c2cccnc2c1O. The predicted octanol–water partition coefficient (Wildman–Crippen LogP) is 3.77. The molecule has 1 atom stereocenters. The van der Waals surface area contributed by atoms with Gasteiger partial charge in [0.05, 0.1) is 20.7 Å². The summed E-state index contributed by atoms with van der Waals surface area (Å²) in [4.78, 5) is 26.5. The van der Waals surface area contributed by atoms with E-state index in [1.54, 1.807) is 12.1 Å². The summed E-state index contributed by atoms with van der Waals surface area (Å²) in [6.45, 7) is 0. The molecule has 138 valence electrons. The molecule has 0 fully saturated rings. The van der Waals surface area contributed by atoms with Crippen molar-refractivity contribution < 1.29 is 19.9 Å². The lowest BCUT2D eigenvalue weighted by atomic mass is 10.1. The van der Waals surface area contributed by atoms with E-state index in [-0.39, 0.29) is 38.2 Å². The van der Waals surface area contributed by atoms with Gasteiger partial charge in [-0.2, -0.15) is 0 Å². The van der Waals surface area contributed by atoms with Crippen LogP contribution in [0.15, 0.2) is 42.6 Å². The predicted molar refractivity (Wildman–Crippen MR) is 100 cm³/mol. The molecule has 1 unspecified atom stereocenters. The van der Waals surface area contributed by atoms with Crippen LogP contribution in [-0.2, 0) is 0 Å². The van der Waals surface area contributed by atoms with Crippen molar-refractivity contribution in [2.24, 2.45) is 0 Å². The standard InChI is InChI=1S/C17H11Cl2N3O5/c18-11-6-8(22(26)27)3-4-10(11)15(23)17(25)21-13-7-12(19)9-2-1-5-20-14(9)16(13)24/h1-7,17,21,24-25H. The van der Waals surface area contributed by atoms with Crippen molar-refractivity contribution in [1.29, 1.82) is 0 Å². The lowest BCUT2D eigenvalue weighted by molar-refractivity contribution is -0.384. The molecular weight excluding hydrogens is 397 g/mol. The van der Waals surface area contributed by atoms with Crippen LogP contribution in [0.4, 0.5) is 11.4 Å². The van der Waals surface area contributed by atoms with Gasteiger partial charge in [-0.3, -0.25) is 19.9 Å². The smallest absolute Gasteiger partial charge is 0.270 e. The molecular formula is C17H11Cl2N3O5. The van der Waals surface area contributed by atoms with Crippen LogP contribution in [0.1, 0.15) is 10.4 Å².